The van der Waals surface area contributed by atoms with Gasteiger partial charge in [0.15, 0.2) is 0 Å². The lowest BCUT2D eigenvalue weighted by atomic mass is 9.93. The number of hydrogen-bond acceptors (Lipinski definition) is 2. The molecule has 1 aliphatic carbocycles. The summed E-state index contributed by atoms with van der Waals surface area (Å²) in [7, 11) is 0. The molecular weight excluding hydrogens is 256 g/mol. The van der Waals surface area contributed by atoms with Gasteiger partial charge in [-0.15, -0.1) is 0 Å². The molecular formula is C19H20N2. The van der Waals surface area contributed by atoms with Gasteiger partial charge >= 0.3 is 0 Å². The molecule has 0 atom stereocenters. The lowest BCUT2D eigenvalue weighted by Crippen LogP contribution is -1.97. The zero-order valence-corrected chi connectivity index (χ0v) is 12.0. The predicted molar refractivity (Wildman–Crippen MR) is 90.5 cm³/mol. The summed E-state index contributed by atoms with van der Waals surface area (Å²) in [4.78, 5) is 0. The van der Waals surface area contributed by atoms with Crippen LogP contribution in [0.25, 0.3) is 16.7 Å². The highest BCUT2D eigenvalue weighted by Gasteiger charge is 2.09. The van der Waals surface area contributed by atoms with Crippen LogP contribution in [0.15, 0.2) is 60.7 Å². The lowest BCUT2D eigenvalue weighted by Gasteiger charge is -2.14. The number of hydrogen-bond donors (Lipinski definition) is 2. The fraction of sp³-hybridized carbons (Fsp3) is 0.158. The SMILES string of the molecule is NCc1ccc(-c2ccc(N)c(C3=CC=CCC3)c2)cc1. The number of nitrogen functional groups attached to an aromatic ring is 1. The van der Waals surface area contributed by atoms with E-state index in [1.165, 1.54) is 16.7 Å². The van der Waals surface area contributed by atoms with Gasteiger partial charge in [0, 0.05) is 17.8 Å². The zero-order valence-electron chi connectivity index (χ0n) is 12.0. The van der Waals surface area contributed by atoms with Gasteiger partial charge in [-0.3, -0.25) is 0 Å². The van der Waals surface area contributed by atoms with Crippen molar-refractivity contribution in [3.05, 3.63) is 71.8 Å². The van der Waals surface area contributed by atoms with Gasteiger partial charge in [0.2, 0.25) is 0 Å². The van der Waals surface area contributed by atoms with Gasteiger partial charge < -0.3 is 11.5 Å². The van der Waals surface area contributed by atoms with Crippen LogP contribution in [-0.4, -0.2) is 0 Å². The molecule has 0 amide bonds. The van der Waals surface area contributed by atoms with Gasteiger partial charge in [0.25, 0.3) is 0 Å². The summed E-state index contributed by atoms with van der Waals surface area (Å²) < 4.78 is 0. The molecule has 2 aromatic carbocycles. The molecule has 0 saturated heterocycles. The highest BCUT2D eigenvalue weighted by molar-refractivity contribution is 5.81. The zero-order chi connectivity index (χ0) is 14.7. The molecule has 0 fully saturated rings. The van der Waals surface area contributed by atoms with Crippen LogP contribution < -0.4 is 11.5 Å². The number of benzene rings is 2. The topological polar surface area (TPSA) is 52.0 Å². The van der Waals surface area contributed by atoms with Crippen molar-refractivity contribution in [3.63, 3.8) is 0 Å². The molecule has 2 nitrogen and oxygen atoms in total. The Morgan fingerprint density at radius 1 is 0.952 bits per heavy atom. The normalized spacial score (nSPS) is 14.0. The van der Waals surface area contributed by atoms with Crippen LogP contribution in [0, 0.1) is 0 Å². The maximum absolute atomic E-state index is 6.16. The van der Waals surface area contributed by atoms with Crippen LogP contribution in [-0.2, 0) is 6.54 Å². The molecule has 21 heavy (non-hydrogen) atoms. The van der Waals surface area contributed by atoms with E-state index in [1.54, 1.807) is 0 Å². The first-order chi connectivity index (χ1) is 10.3. The van der Waals surface area contributed by atoms with Crippen molar-refractivity contribution < 1.29 is 0 Å². The third-order valence-electron chi connectivity index (χ3n) is 3.94. The summed E-state index contributed by atoms with van der Waals surface area (Å²) in [5, 5.41) is 0. The summed E-state index contributed by atoms with van der Waals surface area (Å²) in [5.74, 6) is 0. The second-order valence-electron chi connectivity index (χ2n) is 5.36. The van der Waals surface area contributed by atoms with Crippen molar-refractivity contribution in [1.82, 2.24) is 0 Å². The second-order valence-corrected chi connectivity index (χ2v) is 5.36. The Morgan fingerprint density at radius 3 is 2.38 bits per heavy atom. The molecule has 2 heteroatoms. The van der Waals surface area contributed by atoms with Crippen molar-refractivity contribution in [2.45, 2.75) is 19.4 Å². The van der Waals surface area contributed by atoms with E-state index in [4.69, 9.17) is 11.5 Å². The Bertz CT molecular complexity index is 694. The fourth-order valence-electron chi connectivity index (χ4n) is 2.67. The van der Waals surface area contributed by atoms with Gasteiger partial charge in [-0.2, -0.15) is 0 Å². The molecule has 0 bridgehead atoms. The molecule has 0 spiro atoms. The van der Waals surface area contributed by atoms with Crippen LogP contribution >= 0.6 is 0 Å². The number of rotatable bonds is 3. The highest BCUT2D eigenvalue weighted by Crippen LogP contribution is 2.32. The van der Waals surface area contributed by atoms with Crippen molar-refractivity contribution in [2.24, 2.45) is 5.73 Å². The first kappa shape index (κ1) is 13.7. The van der Waals surface area contributed by atoms with Crippen LogP contribution in [0.4, 0.5) is 5.69 Å². The van der Waals surface area contributed by atoms with Gasteiger partial charge in [0.05, 0.1) is 0 Å². The van der Waals surface area contributed by atoms with E-state index in [9.17, 15) is 0 Å². The van der Waals surface area contributed by atoms with Gasteiger partial charge in [0.1, 0.15) is 0 Å². The molecule has 0 unspecified atom stereocenters. The first-order valence-corrected chi connectivity index (χ1v) is 7.33. The van der Waals surface area contributed by atoms with Crippen molar-refractivity contribution >= 4 is 11.3 Å². The van der Waals surface area contributed by atoms with Crippen LogP contribution in [0.3, 0.4) is 0 Å². The third kappa shape index (κ3) is 2.91. The average Bonchev–Trinajstić information content (AvgIpc) is 2.56. The number of anilines is 1. The van der Waals surface area contributed by atoms with E-state index >= 15 is 0 Å². The minimum atomic E-state index is 0.576. The van der Waals surface area contributed by atoms with Crippen LogP contribution in [0.1, 0.15) is 24.0 Å². The molecule has 3 rings (SSSR count). The first-order valence-electron chi connectivity index (χ1n) is 7.33. The van der Waals surface area contributed by atoms with E-state index in [1.807, 2.05) is 6.07 Å². The van der Waals surface area contributed by atoms with Gasteiger partial charge in [-0.25, -0.2) is 0 Å². The summed E-state index contributed by atoms with van der Waals surface area (Å²) in [6.45, 7) is 0.576. The lowest BCUT2D eigenvalue weighted by molar-refractivity contribution is 1.05. The van der Waals surface area contributed by atoms with E-state index < -0.39 is 0 Å². The predicted octanol–water partition coefficient (Wildman–Crippen LogP) is 4.13. The fourth-order valence-corrected chi connectivity index (χ4v) is 2.67. The van der Waals surface area contributed by atoms with E-state index in [2.05, 4.69) is 54.6 Å². The average molecular weight is 276 g/mol. The van der Waals surface area contributed by atoms with Gasteiger partial charge in [-0.05, 0) is 47.2 Å². The van der Waals surface area contributed by atoms with E-state index in [-0.39, 0.29) is 0 Å². The molecule has 4 N–H and O–H groups in total. The minimum Gasteiger partial charge on any atom is -0.398 e. The van der Waals surface area contributed by atoms with Crippen LogP contribution in [0.5, 0.6) is 0 Å². The summed E-state index contributed by atoms with van der Waals surface area (Å²) in [6.07, 6.45) is 8.60. The van der Waals surface area contributed by atoms with Crippen LogP contribution in [0.2, 0.25) is 0 Å². The Hall–Kier alpha value is -2.32. The molecule has 106 valence electrons. The largest absolute Gasteiger partial charge is 0.398 e. The standard InChI is InChI=1S/C19H20N2/c20-13-14-6-8-15(9-7-14)17-10-11-19(21)18(12-17)16-4-2-1-3-5-16/h1-2,4,6-12H,3,5,13,20-21H2. The maximum Gasteiger partial charge on any atom is 0.0390 e. The smallest absolute Gasteiger partial charge is 0.0390 e. The molecule has 0 heterocycles. The molecule has 0 saturated carbocycles. The summed E-state index contributed by atoms with van der Waals surface area (Å²) in [5.41, 5.74) is 18.7. The quantitative estimate of drug-likeness (QED) is 0.828. The third-order valence-corrected chi connectivity index (χ3v) is 3.94. The molecule has 1 aliphatic rings. The minimum absolute atomic E-state index is 0.576. The van der Waals surface area contributed by atoms with Crippen molar-refractivity contribution in [2.75, 3.05) is 5.73 Å². The van der Waals surface area contributed by atoms with E-state index in [0.29, 0.717) is 6.54 Å². The Balaban J connectivity index is 2.00. The Morgan fingerprint density at radius 2 is 1.71 bits per heavy atom. The molecule has 0 aliphatic heterocycles. The van der Waals surface area contributed by atoms with E-state index in [0.717, 1.165) is 29.7 Å². The Labute approximate surface area is 125 Å². The summed E-state index contributed by atoms with van der Waals surface area (Å²) >= 11 is 0. The maximum atomic E-state index is 6.16. The van der Waals surface area contributed by atoms with Crippen molar-refractivity contribution in [3.8, 4) is 11.1 Å². The monoisotopic (exact) mass is 276 g/mol. The second kappa shape index (κ2) is 5.98. The molecule has 0 radical (unpaired) electrons. The summed E-state index contributed by atoms with van der Waals surface area (Å²) in [6, 6.07) is 14.7. The Kier molecular flexibility index (Phi) is 3.89. The molecule has 0 aromatic heterocycles. The number of allylic oxidation sites excluding steroid dienone is 4. The highest BCUT2D eigenvalue weighted by atomic mass is 14.6. The van der Waals surface area contributed by atoms with Gasteiger partial charge in [-0.1, -0.05) is 48.6 Å². The van der Waals surface area contributed by atoms with Crippen molar-refractivity contribution in [1.29, 1.82) is 0 Å². The molecule has 2 aromatic rings. The number of nitrogens with two attached hydrogens (primary N) is 2.